The quantitative estimate of drug-likeness (QED) is 0.679. The van der Waals surface area contributed by atoms with Crippen molar-refractivity contribution in [3.63, 3.8) is 0 Å². The van der Waals surface area contributed by atoms with Gasteiger partial charge in [-0.1, -0.05) is 12.1 Å². The Kier molecular flexibility index (Phi) is 5.32. The molecule has 3 heterocycles. The lowest BCUT2D eigenvalue weighted by Gasteiger charge is -2.31. The van der Waals surface area contributed by atoms with Gasteiger partial charge in [-0.25, -0.2) is 15.0 Å². The van der Waals surface area contributed by atoms with Gasteiger partial charge in [-0.2, -0.15) is 0 Å². The predicted octanol–water partition coefficient (Wildman–Crippen LogP) is 3.08. The number of likely N-dealkylation sites (tertiary alicyclic amines) is 1. The second-order valence-electron chi connectivity index (χ2n) is 6.91. The molecule has 144 valence electrons. The van der Waals surface area contributed by atoms with Crippen LogP contribution < -0.4 is 4.74 Å². The Hall–Kier alpha value is -3.22. The third-order valence-corrected chi connectivity index (χ3v) is 4.97. The van der Waals surface area contributed by atoms with Gasteiger partial charge in [0.15, 0.2) is 5.89 Å². The van der Waals surface area contributed by atoms with Gasteiger partial charge < -0.3 is 14.1 Å². The van der Waals surface area contributed by atoms with Gasteiger partial charge in [0.25, 0.3) is 5.91 Å². The molecule has 0 aliphatic carbocycles. The minimum atomic E-state index is -0.0460. The summed E-state index contributed by atoms with van der Waals surface area (Å²) in [5.41, 5.74) is 1.64. The molecule has 7 nitrogen and oxygen atoms in total. The van der Waals surface area contributed by atoms with Crippen LogP contribution in [-0.4, -0.2) is 46.0 Å². The third kappa shape index (κ3) is 4.03. The number of methoxy groups -OCH3 is 1. The van der Waals surface area contributed by atoms with E-state index in [2.05, 4.69) is 15.0 Å². The summed E-state index contributed by atoms with van der Waals surface area (Å²) in [4.78, 5) is 26.8. The van der Waals surface area contributed by atoms with Gasteiger partial charge in [0, 0.05) is 31.9 Å². The first kappa shape index (κ1) is 18.2. The van der Waals surface area contributed by atoms with Crippen molar-refractivity contribution in [2.24, 2.45) is 0 Å². The number of piperidine rings is 1. The Morgan fingerprint density at radius 1 is 1.21 bits per heavy atom. The van der Waals surface area contributed by atoms with Crippen LogP contribution in [0.3, 0.4) is 0 Å². The number of carbonyl (C=O) groups is 1. The fraction of sp³-hybridized carbons (Fsp3) is 0.333. The van der Waals surface area contributed by atoms with Crippen LogP contribution in [0.5, 0.6) is 5.75 Å². The monoisotopic (exact) mass is 378 g/mol. The van der Waals surface area contributed by atoms with Crippen molar-refractivity contribution < 1.29 is 13.9 Å². The van der Waals surface area contributed by atoms with Crippen LogP contribution in [0.25, 0.3) is 0 Å². The van der Waals surface area contributed by atoms with Crippen molar-refractivity contribution in [2.75, 3.05) is 20.2 Å². The molecule has 1 fully saturated rings. The summed E-state index contributed by atoms with van der Waals surface area (Å²) >= 11 is 0. The fourth-order valence-corrected chi connectivity index (χ4v) is 3.49. The van der Waals surface area contributed by atoms with Gasteiger partial charge in [0.1, 0.15) is 17.8 Å². The van der Waals surface area contributed by atoms with Crippen molar-refractivity contribution in [1.29, 1.82) is 0 Å². The van der Waals surface area contributed by atoms with Crippen molar-refractivity contribution >= 4 is 5.91 Å². The Bertz CT molecular complexity index is 924. The zero-order chi connectivity index (χ0) is 19.3. The predicted molar refractivity (Wildman–Crippen MR) is 102 cm³/mol. The number of amides is 1. The molecule has 7 heteroatoms. The molecule has 0 radical (unpaired) electrons. The molecule has 0 N–H and O–H groups in total. The molecule has 0 unspecified atom stereocenters. The lowest BCUT2D eigenvalue weighted by Crippen LogP contribution is -2.39. The minimum absolute atomic E-state index is 0.0460. The molecule has 1 amide bonds. The number of hydrogen-bond acceptors (Lipinski definition) is 6. The number of benzene rings is 1. The number of carbonyl (C=O) groups excluding carboxylic acids is 1. The zero-order valence-corrected chi connectivity index (χ0v) is 15.7. The molecule has 1 aromatic carbocycles. The average molecular weight is 378 g/mol. The van der Waals surface area contributed by atoms with E-state index < -0.39 is 0 Å². The van der Waals surface area contributed by atoms with Gasteiger partial charge in [-0.3, -0.25) is 4.79 Å². The average Bonchev–Trinajstić information content (AvgIpc) is 3.23. The molecule has 4 rings (SSSR count). The van der Waals surface area contributed by atoms with Crippen LogP contribution in [0, 0.1) is 0 Å². The molecule has 0 bridgehead atoms. The Labute approximate surface area is 163 Å². The van der Waals surface area contributed by atoms with Crippen LogP contribution in [0.4, 0.5) is 0 Å². The number of rotatable bonds is 5. The van der Waals surface area contributed by atoms with E-state index in [4.69, 9.17) is 9.15 Å². The lowest BCUT2D eigenvalue weighted by atomic mass is 9.97. The van der Waals surface area contributed by atoms with E-state index in [1.807, 2.05) is 29.2 Å². The third-order valence-electron chi connectivity index (χ3n) is 4.97. The molecule has 1 aliphatic rings. The number of nitrogens with zero attached hydrogens (tertiary/aromatic N) is 4. The summed E-state index contributed by atoms with van der Waals surface area (Å²) in [7, 11) is 1.65. The summed E-state index contributed by atoms with van der Waals surface area (Å²) in [5.74, 6) is 2.41. The van der Waals surface area contributed by atoms with Crippen molar-refractivity contribution in [3.8, 4) is 5.75 Å². The maximum Gasteiger partial charge on any atom is 0.257 e. The van der Waals surface area contributed by atoms with Gasteiger partial charge >= 0.3 is 0 Å². The van der Waals surface area contributed by atoms with Crippen molar-refractivity contribution in [1.82, 2.24) is 19.9 Å². The van der Waals surface area contributed by atoms with Crippen LogP contribution in [0.1, 0.15) is 46.3 Å². The molecular formula is C21H22N4O3. The van der Waals surface area contributed by atoms with Crippen LogP contribution in [0.15, 0.2) is 53.6 Å². The normalized spacial score (nSPS) is 16.8. The zero-order valence-electron chi connectivity index (χ0n) is 15.7. The molecule has 2 aromatic heterocycles. The summed E-state index contributed by atoms with van der Waals surface area (Å²) in [5, 5.41) is 0. The number of ether oxygens (including phenoxy) is 1. The van der Waals surface area contributed by atoms with Crippen molar-refractivity contribution in [2.45, 2.75) is 25.2 Å². The summed E-state index contributed by atoms with van der Waals surface area (Å²) in [6.07, 6.45) is 8.86. The SMILES string of the molecule is COc1ccc(Cc2cnc([C@H]3CCCN(C(=O)c4cncnc4)C3)o2)cc1. The highest BCUT2D eigenvalue weighted by Crippen LogP contribution is 2.28. The number of hydrogen-bond donors (Lipinski definition) is 0. The molecule has 0 saturated carbocycles. The van der Waals surface area contributed by atoms with Gasteiger partial charge in [0.2, 0.25) is 0 Å². The highest BCUT2D eigenvalue weighted by Gasteiger charge is 2.28. The van der Waals surface area contributed by atoms with E-state index in [-0.39, 0.29) is 11.8 Å². The van der Waals surface area contributed by atoms with Gasteiger partial charge in [-0.05, 0) is 30.5 Å². The van der Waals surface area contributed by atoms with E-state index >= 15 is 0 Å². The Morgan fingerprint density at radius 3 is 2.75 bits per heavy atom. The van der Waals surface area contributed by atoms with Crippen LogP contribution in [0.2, 0.25) is 0 Å². The first-order valence-corrected chi connectivity index (χ1v) is 9.35. The van der Waals surface area contributed by atoms with E-state index in [0.717, 1.165) is 36.5 Å². The molecule has 3 aromatic rings. The molecular weight excluding hydrogens is 356 g/mol. The topological polar surface area (TPSA) is 81.4 Å². The number of oxazole rings is 1. The second kappa shape index (κ2) is 8.21. The fourth-order valence-electron chi connectivity index (χ4n) is 3.49. The smallest absolute Gasteiger partial charge is 0.257 e. The molecule has 1 aliphatic heterocycles. The summed E-state index contributed by atoms with van der Waals surface area (Å²) in [6.45, 7) is 1.32. The molecule has 1 atom stereocenters. The van der Waals surface area contributed by atoms with Crippen LogP contribution >= 0.6 is 0 Å². The van der Waals surface area contributed by atoms with Crippen LogP contribution in [-0.2, 0) is 6.42 Å². The number of aromatic nitrogens is 3. The van der Waals surface area contributed by atoms with Gasteiger partial charge in [-0.15, -0.1) is 0 Å². The highest BCUT2D eigenvalue weighted by molar-refractivity contribution is 5.93. The first-order chi connectivity index (χ1) is 13.7. The standard InChI is InChI=1S/C21H22N4O3/c1-27-18-6-4-15(5-7-18)9-19-12-24-20(28-19)16-3-2-8-25(13-16)21(26)17-10-22-14-23-11-17/h4-7,10-12,14,16H,2-3,8-9,13H2,1H3/t16-/m0/s1. The molecule has 28 heavy (non-hydrogen) atoms. The Balaban J connectivity index is 1.42. The highest BCUT2D eigenvalue weighted by atomic mass is 16.5. The largest absolute Gasteiger partial charge is 0.497 e. The van der Waals surface area contributed by atoms with E-state index in [9.17, 15) is 4.79 Å². The summed E-state index contributed by atoms with van der Waals surface area (Å²) in [6, 6.07) is 7.91. The maximum atomic E-state index is 12.7. The van der Waals surface area contributed by atoms with E-state index in [0.29, 0.717) is 24.4 Å². The molecule has 1 saturated heterocycles. The van der Waals surface area contributed by atoms with E-state index in [1.165, 1.54) is 6.33 Å². The van der Waals surface area contributed by atoms with Crippen molar-refractivity contribution in [3.05, 3.63) is 72.0 Å². The Morgan fingerprint density at radius 2 is 2.00 bits per heavy atom. The maximum absolute atomic E-state index is 12.7. The lowest BCUT2D eigenvalue weighted by molar-refractivity contribution is 0.0697. The summed E-state index contributed by atoms with van der Waals surface area (Å²) < 4.78 is 11.2. The second-order valence-corrected chi connectivity index (χ2v) is 6.91. The first-order valence-electron chi connectivity index (χ1n) is 9.35. The minimum Gasteiger partial charge on any atom is -0.497 e. The van der Waals surface area contributed by atoms with E-state index in [1.54, 1.807) is 25.7 Å². The van der Waals surface area contributed by atoms with Gasteiger partial charge in [0.05, 0.1) is 24.8 Å². The molecule has 0 spiro atoms.